The Morgan fingerprint density at radius 3 is 2.00 bits per heavy atom. The Kier molecular flexibility index (Phi) is 5.82. The number of rotatable bonds is 5. The van der Waals surface area contributed by atoms with Crippen LogP contribution in [0.3, 0.4) is 0 Å². The van der Waals surface area contributed by atoms with Gasteiger partial charge in [-0.05, 0) is 31.8 Å². The summed E-state index contributed by atoms with van der Waals surface area (Å²) < 4.78 is 0. The van der Waals surface area contributed by atoms with E-state index in [1.165, 1.54) is 0 Å². The molecule has 0 radical (unpaired) electrons. The van der Waals surface area contributed by atoms with Crippen LogP contribution in [0.15, 0.2) is 0 Å². The van der Waals surface area contributed by atoms with Gasteiger partial charge in [-0.3, -0.25) is 4.79 Å². The number of carbonyl (C=O) groups is 1. The van der Waals surface area contributed by atoms with E-state index < -0.39 is 6.04 Å². The van der Waals surface area contributed by atoms with E-state index in [0.717, 1.165) is 6.54 Å². The zero-order valence-corrected chi connectivity index (χ0v) is 13.3. The second-order valence-corrected chi connectivity index (χ2v) is 7.30. The molecule has 2 atom stereocenters. The molecule has 0 heterocycles. The van der Waals surface area contributed by atoms with Crippen LogP contribution in [-0.4, -0.2) is 43.5 Å². The standard InChI is InChI=1S/C14H31N3O/c1-10(14(5,6)9-17(7)8)16-12(18)11(15)13(2,3)4/h10-11H,9,15H2,1-8H3,(H,16,18)/t10?,11-/m1/s1. The highest BCUT2D eigenvalue weighted by Gasteiger charge is 2.32. The highest BCUT2D eigenvalue weighted by molar-refractivity contribution is 5.82. The number of amides is 1. The first kappa shape index (κ1) is 17.4. The highest BCUT2D eigenvalue weighted by Crippen LogP contribution is 2.22. The van der Waals surface area contributed by atoms with Crippen LogP contribution in [0.1, 0.15) is 41.5 Å². The van der Waals surface area contributed by atoms with Crippen molar-refractivity contribution in [3.8, 4) is 0 Å². The van der Waals surface area contributed by atoms with Crippen molar-refractivity contribution in [2.24, 2.45) is 16.6 Å². The molecule has 0 aromatic rings. The van der Waals surface area contributed by atoms with Crippen LogP contribution < -0.4 is 11.1 Å². The lowest BCUT2D eigenvalue weighted by Crippen LogP contribution is -2.55. The Hall–Kier alpha value is -0.610. The van der Waals surface area contributed by atoms with Gasteiger partial charge in [-0.2, -0.15) is 0 Å². The molecule has 4 heteroatoms. The van der Waals surface area contributed by atoms with E-state index in [2.05, 4.69) is 24.1 Å². The number of nitrogens with two attached hydrogens (primary N) is 1. The van der Waals surface area contributed by atoms with E-state index >= 15 is 0 Å². The van der Waals surface area contributed by atoms with Crippen molar-refractivity contribution in [2.45, 2.75) is 53.6 Å². The third kappa shape index (κ3) is 5.36. The van der Waals surface area contributed by atoms with Crippen LogP contribution in [0.2, 0.25) is 0 Å². The van der Waals surface area contributed by atoms with Crippen LogP contribution in [0, 0.1) is 10.8 Å². The van der Waals surface area contributed by atoms with E-state index in [4.69, 9.17) is 5.73 Å². The Morgan fingerprint density at radius 2 is 1.67 bits per heavy atom. The predicted octanol–water partition coefficient (Wildman–Crippen LogP) is 1.45. The first-order chi connectivity index (χ1) is 7.88. The van der Waals surface area contributed by atoms with Gasteiger partial charge in [0.25, 0.3) is 0 Å². The maximum Gasteiger partial charge on any atom is 0.237 e. The molecule has 0 aliphatic rings. The Labute approximate surface area is 112 Å². The van der Waals surface area contributed by atoms with Gasteiger partial charge < -0.3 is 16.0 Å². The number of hydrogen-bond donors (Lipinski definition) is 2. The Morgan fingerprint density at radius 1 is 1.22 bits per heavy atom. The molecule has 0 saturated carbocycles. The Balaban J connectivity index is 4.57. The smallest absolute Gasteiger partial charge is 0.237 e. The molecule has 0 aromatic heterocycles. The molecule has 0 spiro atoms. The lowest BCUT2D eigenvalue weighted by Gasteiger charge is -2.36. The first-order valence-corrected chi connectivity index (χ1v) is 6.58. The van der Waals surface area contributed by atoms with Gasteiger partial charge >= 0.3 is 0 Å². The van der Waals surface area contributed by atoms with Gasteiger partial charge in [-0.15, -0.1) is 0 Å². The third-order valence-corrected chi connectivity index (χ3v) is 3.47. The summed E-state index contributed by atoms with van der Waals surface area (Å²) >= 11 is 0. The molecular formula is C14H31N3O. The molecule has 0 rings (SSSR count). The zero-order valence-electron chi connectivity index (χ0n) is 13.3. The molecule has 1 unspecified atom stereocenters. The molecule has 1 amide bonds. The molecule has 0 saturated heterocycles. The van der Waals surface area contributed by atoms with Gasteiger partial charge in [0.05, 0.1) is 6.04 Å². The summed E-state index contributed by atoms with van der Waals surface area (Å²) in [5, 5.41) is 3.04. The van der Waals surface area contributed by atoms with Crippen LogP contribution in [-0.2, 0) is 4.79 Å². The van der Waals surface area contributed by atoms with Gasteiger partial charge in [-0.25, -0.2) is 0 Å². The molecule has 4 nitrogen and oxygen atoms in total. The Bertz CT molecular complexity index is 279. The lowest BCUT2D eigenvalue weighted by atomic mass is 9.83. The fourth-order valence-corrected chi connectivity index (χ4v) is 1.84. The minimum absolute atomic E-state index is 0.0107. The normalized spacial score (nSPS) is 16.6. The van der Waals surface area contributed by atoms with Gasteiger partial charge in [0.1, 0.15) is 0 Å². The maximum absolute atomic E-state index is 12.1. The van der Waals surface area contributed by atoms with Crippen molar-refractivity contribution in [1.82, 2.24) is 10.2 Å². The van der Waals surface area contributed by atoms with Gasteiger partial charge in [0.15, 0.2) is 0 Å². The summed E-state index contributed by atoms with van der Waals surface area (Å²) in [6.45, 7) is 13.2. The molecular weight excluding hydrogens is 226 g/mol. The molecule has 3 N–H and O–H groups in total. The minimum atomic E-state index is -0.477. The molecule has 108 valence electrons. The van der Waals surface area contributed by atoms with E-state index in [9.17, 15) is 4.79 Å². The largest absolute Gasteiger partial charge is 0.352 e. The number of nitrogens with zero attached hydrogens (tertiary/aromatic N) is 1. The summed E-state index contributed by atoms with van der Waals surface area (Å²) in [6, 6.07) is -0.393. The van der Waals surface area contributed by atoms with Crippen LogP contribution in [0.4, 0.5) is 0 Å². The van der Waals surface area contributed by atoms with Crippen LogP contribution in [0.25, 0.3) is 0 Å². The van der Waals surface area contributed by atoms with Crippen LogP contribution in [0.5, 0.6) is 0 Å². The molecule has 0 aromatic carbocycles. The minimum Gasteiger partial charge on any atom is -0.352 e. The quantitative estimate of drug-likeness (QED) is 0.784. The van der Waals surface area contributed by atoms with Crippen molar-refractivity contribution in [1.29, 1.82) is 0 Å². The maximum atomic E-state index is 12.1. The second-order valence-electron chi connectivity index (χ2n) is 7.30. The lowest BCUT2D eigenvalue weighted by molar-refractivity contribution is -0.126. The zero-order chi connectivity index (χ0) is 14.7. The molecule has 0 bridgehead atoms. The predicted molar refractivity (Wildman–Crippen MR) is 77.4 cm³/mol. The number of carbonyl (C=O) groups excluding carboxylic acids is 1. The average Bonchev–Trinajstić information content (AvgIpc) is 2.12. The monoisotopic (exact) mass is 257 g/mol. The van der Waals surface area contributed by atoms with Crippen molar-refractivity contribution >= 4 is 5.91 Å². The molecule has 18 heavy (non-hydrogen) atoms. The van der Waals surface area contributed by atoms with Gasteiger partial charge in [0.2, 0.25) is 5.91 Å². The van der Waals surface area contributed by atoms with Crippen molar-refractivity contribution < 1.29 is 4.79 Å². The van der Waals surface area contributed by atoms with E-state index in [1.54, 1.807) is 0 Å². The fourth-order valence-electron chi connectivity index (χ4n) is 1.84. The van der Waals surface area contributed by atoms with E-state index in [-0.39, 0.29) is 22.8 Å². The van der Waals surface area contributed by atoms with E-state index in [0.29, 0.717) is 0 Å². The van der Waals surface area contributed by atoms with Gasteiger partial charge in [0, 0.05) is 12.6 Å². The summed E-state index contributed by atoms with van der Waals surface area (Å²) in [6.07, 6.45) is 0. The summed E-state index contributed by atoms with van der Waals surface area (Å²) in [4.78, 5) is 14.2. The summed E-state index contributed by atoms with van der Waals surface area (Å²) in [5.74, 6) is -0.0677. The van der Waals surface area contributed by atoms with Crippen molar-refractivity contribution in [2.75, 3.05) is 20.6 Å². The van der Waals surface area contributed by atoms with Crippen LogP contribution >= 0.6 is 0 Å². The fraction of sp³-hybridized carbons (Fsp3) is 0.929. The number of hydrogen-bond acceptors (Lipinski definition) is 3. The SMILES string of the molecule is CC(NC(=O)[C@@H](N)C(C)(C)C)C(C)(C)CN(C)C. The average molecular weight is 257 g/mol. The third-order valence-electron chi connectivity index (χ3n) is 3.47. The molecule has 0 aliphatic carbocycles. The first-order valence-electron chi connectivity index (χ1n) is 6.58. The topological polar surface area (TPSA) is 58.4 Å². The number of nitrogens with one attached hydrogen (secondary N) is 1. The van der Waals surface area contributed by atoms with Crippen molar-refractivity contribution in [3.63, 3.8) is 0 Å². The van der Waals surface area contributed by atoms with E-state index in [1.807, 2.05) is 41.8 Å². The molecule has 0 fully saturated rings. The molecule has 0 aliphatic heterocycles. The summed E-state index contributed by atoms with van der Waals surface area (Å²) in [5.41, 5.74) is 5.76. The summed E-state index contributed by atoms with van der Waals surface area (Å²) in [7, 11) is 4.08. The highest BCUT2D eigenvalue weighted by atomic mass is 16.2. The van der Waals surface area contributed by atoms with Crippen molar-refractivity contribution in [3.05, 3.63) is 0 Å². The van der Waals surface area contributed by atoms with Gasteiger partial charge in [-0.1, -0.05) is 34.6 Å². The second kappa shape index (κ2) is 6.02.